The minimum absolute atomic E-state index is 0.0879. The van der Waals surface area contributed by atoms with Crippen LogP contribution in [0.3, 0.4) is 0 Å². The molecule has 3 amide bonds. The third kappa shape index (κ3) is 6.92. The number of cyclic esters (lactones) is 1. The molecule has 234 valence electrons. The third-order valence-electron chi connectivity index (χ3n) is 8.75. The Kier molecular flexibility index (Phi) is 9.89. The maximum atomic E-state index is 14.0. The van der Waals surface area contributed by atoms with Gasteiger partial charge >= 0.3 is 12.2 Å². The van der Waals surface area contributed by atoms with E-state index in [1.807, 2.05) is 30.3 Å². The van der Waals surface area contributed by atoms with Gasteiger partial charge in [-0.05, 0) is 65.9 Å². The van der Waals surface area contributed by atoms with E-state index < -0.39 is 65.7 Å². The van der Waals surface area contributed by atoms with E-state index in [1.165, 1.54) is 6.42 Å². The zero-order valence-electron chi connectivity index (χ0n) is 25.8. The van der Waals surface area contributed by atoms with E-state index in [2.05, 4.69) is 0 Å². The highest BCUT2D eigenvalue weighted by atomic mass is 16.6. The molecule has 10 nitrogen and oxygen atoms in total. The van der Waals surface area contributed by atoms with Gasteiger partial charge in [-0.15, -0.1) is 0 Å². The number of imide groups is 1. The fraction of sp³-hybridized carbons (Fsp3) is 0.719. The average Bonchev–Trinajstić information content (AvgIpc) is 3.37. The Morgan fingerprint density at radius 1 is 1.12 bits per heavy atom. The minimum atomic E-state index is -1.40. The lowest BCUT2D eigenvalue weighted by Gasteiger charge is -2.37. The molecule has 3 fully saturated rings. The van der Waals surface area contributed by atoms with Crippen molar-refractivity contribution in [2.45, 2.75) is 128 Å². The molecule has 3 aliphatic rings. The Balaban J connectivity index is 1.63. The number of hydrogen-bond acceptors (Lipinski definition) is 8. The molecule has 1 aliphatic carbocycles. The first-order valence-corrected chi connectivity index (χ1v) is 15.3. The summed E-state index contributed by atoms with van der Waals surface area (Å²) in [6.45, 7) is 10.3. The molecule has 1 saturated carbocycles. The first-order valence-electron chi connectivity index (χ1n) is 15.3. The second-order valence-electron chi connectivity index (χ2n) is 13.5. The molecular weight excluding hydrogens is 540 g/mol. The summed E-state index contributed by atoms with van der Waals surface area (Å²) in [4.78, 5) is 43.2. The third-order valence-corrected chi connectivity index (χ3v) is 8.75. The van der Waals surface area contributed by atoms with Crippen molar-refractivity contribution in [3.8, 4) is 0 Å². The van der Waals surface area contributed by atoms with Crippen LogP contribution in [0.5, 0.6) is 0 Å². The quantitative estimate of drug-likeness (QED) is 0.426. The molecule has 1 aromatic carbocycles. The maximum Gasteiger partial charge on any atom is 0.417 e. The van der Waals surface area contributed by atoms with E-state index in [0.717, 1.165) is 36.1 Å². The Bertz CT molecular complexity index is 1100. The monoisotopic (exact) mass is 588 g/mol. The summed E-state index contributed by atoms with van der Waals surface area (Å²) in [5, 5.41) is 21.8. The molecule has 0 bridgehead atoms. The standard InChI is InChI=1S/C32H48N2O8/c1-20-26(22-15-11-8-12-16-22)40-29(38)33(20)28(37)23(17-18-35)25(36)27-24(19-21-13-9-7-10-14-21)34(32(5,6)41-27)30(39)42-31(2,3)4/h8,11-12,15-16,20-21,23-27,35-36H,7,9-10,13-14,17-19H2,1-6H3/t20?,23?,24-,25?,26?,27-/m1/s1. The molecule has 0 spiro atoms. The lowest BCUT2D eigenvalue weighted by Crippen LogP contribution is -2.53. The number of ether oxygens (including phenoxy) is 3. The predicted molar refractivity (Wildman–Crippen MR) is 155 cm³/mol. The Labute approximate surface area is 249 Å². The molecule has 6 atom stereocenters. The normalized spacial score (nSPS) is 28.0. The fourth-order valence-electron chi connectivity index (χ4n) is 6.81. The smallest absolute Gasteiger partial charge is 0.417 e. The predicted octanol–water partition coefficient (Wildman–Crippen LogP) is 5.17. The number of aliphatic hydroxyl groups is 2. The van der Waals surface area contributed by atoms with E-state index in [-0.39, 0.29) is 13.0 Å². The number of benzene rings is 1. The largest absolute Gasteiger partial charge is 0.444 e. The number of hydrogen-bond donors (Lipinski definition) is 2. The number of carbonyl (C=O) groups is 3. The van der Waals surface area contributed by atoms with Crippen LogP contribution in [0.2, 0.25) is 0 Å². The number of rotatable bonds is 8. The van der Waals surface area contributed by atoms with Crippen LogP contribution in [0.1, 0.15) is 98.2 Å². The van der Waals surface area contributed by atoms with Crippen LogP contribution in [0, 0.1) is 11.8 Å². The molecule has 4 unspecified atom stereocenters. The second kappa shape index (κ2) is 12.9. The van der Waals surface area contributed by atoms with Gasteiger partial charge in [0.05, 0.1) is 24.1 Å². The molecule has 0 radical (unpaired) electrons. The Hall–Kier alpha value is -2.69. The molecule has 2 saturated heterocycles. The highest BCUT2D eigenvalue weighted by molar-refractivity contribution is 5.95. The maximum absolute atomic E-state index is 14.0. The van der Waals surface area contributed by atoms with Crippen molar-refractivity contribution in [3.05, 3.63) is 35.9 Å². The molecular formula is C32H48N2O8. The van der Waals surface area contributed by atoms with Crippen LogP contribution in [-0.4, -0.2) is 80.3 Å². The van der Waals surface area contributed by atoms with Crippen molar-refractivity contribution < 1.29 is 38.8 Å². The lowest BCUT2D eigenvalue weighted by molar-refractivity contribution is -0.148. The van der Waals surface area contributed by atoms with Crippen molar-refractivity contribution >= 4 is 18.1 Å². The van der Waals surface area contributed by atoms with Gasteiger partial charge < -0.3 is 24.4 Å². The van der Waals surface area contributed by atoms with Crippen LogP contribution >= 0.6 is 0 Å². The van der Waals surface area contributed by atoms with Crippen LogP contribution < -0.4 is 0 Å². The SMILES string of the molecule is CC1C(c2ccccc2)OC(=O)N1C(=O)C(CCO)C(O)[C@@H]1OC(C)(C)N(C(=O)OC(C)(C)C)[C@@H]1CC1CCCCC1. The van der Waals surface area contributed by atoms with Gasteiger partial charge in [-0.2, -0.15) is 0 Å². The topological polar surface area (TPSA) is 126 Å². The summed E-state index contributed by atoms with van der Waals surface area (Å²) in [5.74, 6) is -1.47. The zero-order chi connectivity index (χ0) is 30.8. The number of amides is 3. The van der Waals surface area contributed by atoms with Gasteiger partial charge in [-0.3, -0.25) is 9.69 Å². The Morgan fingerprint density at radius 2 is 1.76 bits per heavy atom. The summed E-state index contributed by atoms with van der Waals surface area (Å²) in [5.41, 5.74) is -1.11. The number of aliphatic hydroxyl groups excluding tert-OH is 2. The van der Waals surface area contributed by atoms with Gasteiger partial charge in [-0.1, -0.05) is 62.4 Å². The Morgan fingerprint density at radius 3 is 2.36 bits per heavy atom. The van der Waals surface area contributed by atoms with E-state index in [4.69, 9.17) is 14.2 Å². The number of carbonyl (C=O) groups excluding carboxylic acids is 3. The molecule has 2 aliphatic heterocycles. The summed E-state index contributed by atoms with van der Waals surface area (Å²) in [6, 6.07) is 7.99. The molecule has 2 heterocycles. The van der Waals surface area contributed by atoms with Crippen molar-refractivity contribution in [3.63, 3.8) is 0 Å². The summed E-state index contributed by atoms with van der Waals surface area (Å²) < 4.78 is 17.8. The summed E-state index contributed by atoms with van der Waals surface area (Å²) in [7, 11) is 0. The van der Waals surface area contributed by atoms with Crippen LogP contribution in [-0.2, 0) is 19.0 Å². The van der Waals surface area contributed by atoms with Gasteiger partial charge in [0.1, 0.15) is 23.5 Å². The highest BCUT2D eigenvalue weighted by Crippen LogP contribution is 2.42. The van der Waals surface area contributed by atoms with E-state index in [9.17, 15) is 24.6 Å². The molecule has 4 rings (SSSR count). The molecule has 1 aromatic rings. The lowest BCUT2D eigenvalue weighted by atomic mass is 9.81. The van der Waals surface area contributed by atoms with Crippen molar-refractivity contribution in [1.29, 1.82) is 0 Å². The van der Waals surface area contributed by atoms with Gasteiger partial charge in [0.25, 0.3) is 0 Å². The molecule has 0 aromatic heterocycles. The number of nitrogens with zero attached hydrogens (tertiary/aromatic N) is 2. The van der Waals surface area contributed by atoms with E-state index >= 15 is 0 Å². The average molecular weight is 589 g/mol. The van der Waals surface area contributed by atoms with Crippen molar-refractivity contribution in [2.75, 3.05) is 6.61 Å². The minimum Gasteiger partial charge on any atom is -0.444 e. The van der Waals surface area contributed by atoms with Gasteiger partial charge in [0, 0.05) is 6.61 Å². The van der Waals surface area contributed by atoms with Gasteiger partial charge in [0.2, 0.25) is 5.91 Å². The van der Waals surface area contributed by atoms with Crippen molar-refractivity contribution in [1.82, 2.24) is 9.80 Å². The fourth-order valence-corrected chi connectivity index (χ4v) is 6.81. The van der Waals surface area contributed by atoms with Gasteiger partial charge in [0.15, 0.2) is 0 Å². The van der Waals surface area contributed by atoms with E-state index in [0.29, 0.717) is 12.3 Å². The van der Waals surface area contributed by atoms with Crippen LogP contribution in [0.4, 0.5) is 9.59 Å². The van der Waals surface area contributed by atoms with Crippen molar-refractivity contribution in [2.24, 2.45) is 11.8 Å². The first kappa shape index (κ1) is 32.2. The molecule has 10 heteroatoms. The van der Waals surface area contributed by atoms with E-state index in [1.54, 1.807) is 46.4 Å². The summed E-state index contributed by atoms with van der Waals surface area (Å²) >= 11 is 0. The highest BCUT2D eigenvalue weighted by Gasteiger charge is 2.56. The molecule has 42 heavy (non-hydrogen) atoms. The summed E-state index contributed by atoms with van der Waals surface area (Å²) in [6.07, 6.45) is 1.57. The van der Waals surface area contributed by atoms with Crippen LogP contribution in [0.15, 0.2) is 30.3 Å². The molecule has 2 N–H and O–H groups in total. The second-order valence-corrected chi connectivity index (χ2v) is 13.5. The zero-order valence-corrected chi connectivity index (χ0v) is 25.8. The van der Waals surface area contributed by atoms with Crippen LogP contribution in [0.25, 0.3) is 0 Å². The first-order chi connectivity index (χ1) is 19.7. The van der Waals surface area contributed by atoms with Gasteiger partial charge in [-0.25, -0.2) is 14.5 Å².